The number of carboxylic acid groups (broad SMARTS) is 1. The van der Waals surface area contributed by atoms with E-state index in [1.54, 1.807) is 4.57 Å². The number of aryl methyl sites for hydroxylation is 1. The van der Waals surface area contributed by atoms with Crippen molar-refractivity contribution in [2.45, 2.75) is 45.2 Å². The van der Waals surface area contributed by atoms with Gasteiger partial charge < -0.3 is 19.9 Å². The molecule has 0 radical (unpaired) electrons. The summed E-state index contributed by atoms with van der Waals surface area (Å²) in [4.78, 5) is 25.6. The largest absolute Gasteiger partial charge is 0.465 e. The van der Waals surface area contributed by atoms with Crippen LogP contribution in [0.2, 0.25) is 0 Å². The first-order valence-corrected chi connectivity index (χ1v) is 9.91. The standard InChI is InChI=1S/C22H24FN3O3/c1-4-14-9-19(27)26(16-5-6-16)20-12(2)21(18(23)10-17(14)20)25-8-7-15(11-25)13(3)24-22(28)29/h1,9-10,13,15-16,24H,5-8,11H2,2-3H3,(H,28,29)/t13-,15+/m0/s1. The number of benzene rings is 1. The van der Waals surface area contributed by atoms with Crippen LogP contribution in [0.3, 0.4) is 0 Å². The van der Waals surface area contributed by atoms with Crippen molar-refractivity contribution in [1.82, 2.24) is 9.88 Å². The summed E-state index contributed by atoms with van der Waals surface area (Å²) in [7, 11) is 0. The second-order valence-corrected chi connectivity index (χ2v) is 8.10. The van der Waals surface area contributed by atoms with Gasteiger partial charge in [0.1, 0.15) is 5.82 Å². The highest BCUT2D eigenvalue weighted by Gasteiger charge is 2.33. The van der Waals surface area contributed by atoms with Crippen molar-refractivity contribution in [1.29, 1.82) is 0 Å². The van der Waals surface area contributed by atoms with E-state index >= 15 is 4.39 Å². The van der Waals surface area contributed by atoms with Crippen LogP contribution in [-0.4, -0.2) is 34.9 Å². The molecule has 0 spiro atoms. The van der Waals surface area contributed by atoms with Crippen LogP contribution in [0.25, 0.3) is 10.9 Å². The van der Waals surface area contributed by atoms with E-state index in [1.165, 1.54) is 12.1 Å². The van der Waals surface area contributed by atoms with Gasteiger partial charge in [-0.1, -0.05) is 5.92 Å². The van der Waals surface area contributed by atoms with Crippen LogP contribution in [0.1, 0.15) is 43.4 Å². The molecule has 1 saturated carbocycles. The molecule has 2 aromatic rings. The molecule has 7 heteroatoms. The van der Waals surface area contributed by atoms with Crippen LogP contribution >= 0.6 is 0 Å². The molecular formula is C22H24FN3O3. The number of terminal acetylenes is 1. The minimum absolute atomic E-state index is 0.0864. The van der Waals surface area contributed by atoms with Crippen LogP contribution in [0.5, 0.6) is 0 Å². The Morgan fingerprint density at radius 2 is 2.10 bits per heavy atom. The first kappa shape index (κ1) is 19.3. The predicted molar refractivity (Wildman–Crippen MR) is 110 cm³/mol. The first-order chi connectivity index (χ1) is 13.8. The number of halogens is 1. The van der Waals surface area contributed by atoms with Gasteiger partial charge in [-0.2, -0.15) is 0 Å². The lowest BCUT2D eigenvalue weighted by molar-refractivity contribution is 0.186. The molecular weight excluding hydrogens is 373 g/mol. The number of nitrogens with one attached hydrogen (secondary N) is 1. The molecule has 2 N–H and O–H groups in total. The lowest BCUT2D eigenvalue weighted by Crippen LogP contribution is -2.38. The molecule has 2 aliphatic rings. The molecule has 2 fully saturated rings. The second kappa shape index (κ2) is 7.11. The van der Waals surface area contributed by atoms with E-state index in [9.17, 15) is 9.59 Å². The maximum absolute atomic E-state index is 15.2. The molecule has 152 valence electrons. The quantitative estimate of drug-likeness (QED) is 0.777. The summed E-state index contributed by atoms with van der Waals surface area (Å²) in [6.45, 7) is 4.84. The lowest BCUT2D eigenvalue weighted by Gasteiger charge is -2.25. The summed E-state index contributed by atoms with van der Waals surface area (Å²) in [6, 6.07) is 2.78. The third-order valence-corrected chi connectivity index (χ3v) is 6.17. The minimum atomic E-state index is -1.06. The maximum atomic E-state index is 15.2. The summed E-state index contributed by atoms with van der Waals surface area (Å²) in [5.41, 5.74) is 2.16. The fourth-order valence-electron chi connectivity index (χ4n) is 4.57. The molecule has 29 heavy (non-hydrogen) atoms. The third-order valence-electron chi connectivity index (χ3n) is 6.17. The Hall–Kier alpha value is -3.01. The highest BCUT2D eigenvalue weighted by Crippen LogP contribution is 2.40. The topological polar surface area (TPSA) is 74.6 Å². The average molecular weight is 397 g/mol. The van der Waals surface area contributed by atoms with E-state index in [-0.39, 0.29) is 29.4 Å². The highest BCUT2D eigenvalue weighted by atomic mass is 19.1. The highest BCUT2D eigenvalue weighted by molar-refractivity contribution is 5.92. The zero-order chi connectivity index (χ0) is 20.9. The molecule has 1 aliphatic carbocycles. The van der Waals surface area contributed by atoms with E-state index in [0.717, 1.165) is 19.3 Å². The molecule has 2 heterocycles. The Kier molecular flexibility index (Phi) is 4.73. The van der Waals surface area contributed by atoms with Gasteiger partial charge in [0.25, 0.3) is 5.56 Å². The monoisotopic (exact) mass is 397 g/mol. The minimum Gasteiger partial charge on any atom is -0.465 e. The van der Waals surface area contributed by atoms with E-state index in [0.29, 0.717) is 40.8 Å². The molecule has 2 atom stereocenters. The van der Waals surface area contributed by atoms with Gasteiger partial charge in [-0.15, -0.1) is 6.42 Å². The number of hydrogen-bond donors (Lipinski definition) is 2. The van der Waals surface area contributed by atoms with Crippen LogP contribution < -0.4 is 15.8 Å². The SMILES string of the molecule is C#Cc1cc(=O)n(C2CC2)c2c(C)c(N3CC[C@@H]([C@H](C)NC(=O)O)C3)c(F)cc12. The van der Waals surface area contributed by atoms with Gasteiger partial charge in [-0.25, -0.2) is 9.18 Å². The molecule has 1 aliphatic heterocycles. The van der Waals surface area contributed by atoms with Gasteiger partial charge >= 0.3 is 6.09 Å². The average Bonchev–Trinajstić information content (AvgIpc) is 3.37. The third kappa shape index (κ3) is 3.33. The Morgan fingerprint density at radius 3 is 2.72 bits per heavy atom. The van der Waals surface area contributed by atoms with Crippen molar-refractivity contribution >= 4 is 22.7 Å². The van der Waals surface area contributed by atoms with Crippen molar-refractivity contribution in [3.63, 3.8) is 0 Å². The number of carbonyl (C=O) groups is 1. The fourth-order valence-corrected chi connectivity index (χ4v) is 4.57. The molecule has 1 aromatic heterocycles. The first-order valence-electron chi connectivity index (χ1n) is 9.91. The zero-order valence-corrected chi connectivity index (χ0v) is 16.5. The van der Waals surface area contributed by atoms with Crippen LogP contribution in [0.4, 0.5) is 14.9 Å². The Labute approximate surface area is 168 Å². The van der Waals surface area contributed by atoms with Gasteiger partial charge in [0.2, 0.25) is 0 Å². The van der Waals surface area contributed by atoms with Crippen molar-refractivity contribution < 1.29 is 14.3 Å². The Bertz CT molecular complexity index is 1100. The van der Waals surface area contributed by atoms with Crippen molar-refractivity contribution in [3.05, 3.63) is 39.4 Å². The number of aromatic nitrogens is 1. The number of fused-ring (bicyclic) bond motifs is 1. The van der Waals surface area contributed by atoms with Crippen molar-refractivity contribution in [3.8, 4) is 12.3 Å². The smallest absolute Gasteiger partial charge is 0.404 e. The maximum Gasteiger partial charge on any atom is 0.404 e. The lowest BCUT2D eigenvalue weighted by atomic mass is 10.0. The molecule has 1 amide bonds. The number of hydrogen-bond acceptors (Lipinski definition) is 3. The summed E-state index contributed by atoms with van der Waals surface area (Å²) in [5, 5.41) is 12.1. The number of amides is 1. The number of anilines is 1. The fraction of sp³-hybridized carbons (Fsp3) is 0.455. The summed E-state index contributed by atoms with van der Waals surface area (Å²) in [6.07, 6.45) is 7.16. The second-order valence-electron chi connectivity index (χ2n) is 8.10. The Morgan fingerprint density at radius 1 is 1.38 bits per heavy atom. The van der Waals surface area contributed by atoms with Gasteiger partial charge in [0.15, 0.2) is 0 Å². The molecule has 4 rings (SSSR count). The van der Waals surface area contributed by atoms with E-state index < -0.39 is 6.09 Å². The summed E-state index contributed by atoms with van der Waals surface area (Å²) >= 11 is 0. The molecule has 0 unspecified atom stereocenters. The van der Waals surface area contributed by atoms with E-state index in [4.69, 9.17) is 11.5 Å². The van der Waals surface area contributed by atoms with E-state index in [2.05, 4.69) is 11.2 Å². The number of rotatable bonds is 4. The normalized spacial score (nSPS) is 19.9. The summed E-state index contributed by atoms with van der Waals surface area (Å²) in [5.74, 6) is 2.24. The zero-order valence-electron chi connectivity index (χ0n) is 16.5. The number of nitrogens with zero attached hydrogens (tertiary/aromatic N) is 2. The van der Waals surface area contributed by atoms with Gasteiger partial charge in [-0.3, -0.25) is 4.79 Å². The molecule has 1 aromatic carbocycles. The van der Waals surface area contributed by atoms with Crippen molar-refractivity contribution in [2.24, 2.45) is 5.92 Å². The van der Waals surface area contributed by atoms with Gasteiger partial charge in [-0.05, 0) is 50.7 Å². The van der Waals surface area contributed by atoms with Crippen LogP contribution in [-0.2, 0) is 0 Å². The van der Waals surface area contributed by atoms with Gasteiger partial charge in [0, 0.05) is 42.2 Å². The molecule has 6 nitrogen and oxygen atoms in total. The number of pyridine rings is 1. The van der Waals surface area contributed by atoms with Crippen LogP contribution in [0, 0.1) is 31.0 Å². The predicted octanol–water partition coefficient (Wildman–Crippen LogP) is 3.25. The van der Waals surface area contributed by atoms with Gasteiger partial charge in [0.05, 0.1) is 11.2 Å². The molecule has 0 bridgehead atoms. The van der Waals surface area contributed by atoms with Crippen LogP contribution in [0.15, 0.2) is 16.9 Å². The Balaban J connectivity index is 1.81. The van der Waals surface area contributed by atoms with E-state index in [1.807, 2.05) is 18.7 Å². The van der Waals surface area contributed by atoms with Crippen molar-refractivity contribution in [2.75, 3.05) is 18.0 Å². The molecule has 1 saturated heterocycles. The summed E-state index contributed by atoms with van der Waals surface area (Å²) < 4.78 is 17.0.